The predicted octanol–water partition coefficient (Wildman–Crippen LogP) is 0.716. The molecule has 0 radical (unpaired) electrons. The maximum absolute atomic E-state index is 7.56. The van der Waals surface area contributed by atoms with E-state index in [2.05, 4.69) is 23.6 Å². The molecule has 6 nitrogen and oxygen atoms in total. The molecule has 0 heterocycles. The van der Waals surface area contributed by atoms with Crippen molar-refractivity contribution in [1.29, 1.82) is 0 Å². The van der Waals surface area contributed by atoms with Crippen molar-refractivity contribution in [3.05, 3.63) is 0 Å². The standard InChI is InChI=1S/C6H12.2H3O3PS/c1-2-4-6-5-3-1;2*1-4(2,3)5/h1-6H2;2*(H3,1,2,3,5). The number of hydrogen-bond donors (Lipinski definition) is 6. The van der Waals surface area contributed by atoms with Crippen molar-refractivity contribution in [2.75, 3.05) is 0 Å². The number of hydrogen-bond acceptors (Lipinski definition) is 2. The Bertz CT molecular complexity index is 197. The summed E-state index contributed by atoms with van der Waals surface area (Å²) in [4.78, 5) is 45.3. The minimum absolute atomic E-state index is 1.50. The molecule has 16 heavy (non-hydrogen) atoms. The van der Waals surface area contributed by atoms with Crippen LogP contribution in [-0.4, -0.2) is 29.4 Å². The fourth-order valence-electron chi connectivity index (χ4n) is 1.06. The minimum Gasteiger partial charge on any atom is -0.325 e. The summed E-state index contributed by atoms with van der Waals surface area (Å²) in [7, 11) is 0. The lowest BCUT2D eigenvalue weighted by atomic mass is 10.0. The quantitative estimate of drug-likeness (QED) is 0.362. The molecule has 1 rings (SSSR count). The van der Waals surface area contributed by atoms with Gasteiger partial charge in [-0.25, -0.2) is 0 Å². The van der Waals surface area contributed by atoms with Crippen LogP contribution in [-0.2, 0) is 23.6 Å². The summed E-state index contributed by atoms with van der Waals surface area (Å²) < 4.78 is 0. The van der Waals surface area contributed by atoms with Crippen LogP contribution in [0.3, 0.4) is 0 Å². The molecule has 0 unspecified atom stereocenters. The van der Waals surface area contributed by atoms with E-state index >= 15 is 0 Å². The Morgan fingerprint density at radius 1 is 0.500 bits per heavy atom. The van der Waals surface area contributed by atoms with Gasteiger partial charge in [0.2, 0.25) is 0 Å². The van der Waals surface area contributed by atoms with Gasteiger partial charge in [0.1, 0.15) is 0 Å². The molecule has 0 aliphatic heterocycles. The third kappa shape index (κ3) is 59.7. The molecule has 1 saturated carbocycles. The maximum atomic E-state index is 7.56. The summed E-state index contributed by atoms with van der Waals surface area (Å²) in [6.45, 7) is -7.61. The summed E-state index contributed by atoms with van der Waals surface area (Å²) in [6.07, 6.45) is 9.00. The normalized spacial score (nSPS) is 16.4. The van der Waals surface area contributed by atoms with E-state index in [-0.39, 0.29) is 0 Å². The van der Waals surface area contributed by atoms with E-state index in [4.69, 9.17) is 29.4 Å². The third-order valence-electron chi connectivity index (χ3n) is 1.50. The van der Waals surface area contributed by atoms with Gasteiger partial charge in [0, 0.05) is 0 Å². The van der Waals surface area contributed by atoms with Gasteiger partial charge in [-0.1, -0.05) is 38.5 Å². The number of rotatable bonds is 0. The first kappa shape index (κ1) is 19.4. The van der Waals surface area contributed by atoms with Crippen molar-refractivity contribution in [3.63, 3.8) is 0 Å². The van der Waals surface area contributed by atoms with Crippen LogP contribution < -0.4 is 0 Å². The summed E-state index contributed by atoms with van der Waals surface area (Å²) in [5.41, 5.74) is 0. The molecular formula is C6H18O6P2S2. The van der Waals surface area contributed by atoms with Gasteiger partial charge in [0.05, 0.1) is 0 Å². The Morgan fingerprint density at radius 3 is 0.625 bits per heavy atom. The second-order valence-electron chi connectivity index (χ2n) is 3.15. The molecule has 0 aromatic heterocycles. The minimum atomic E-state index is -3.81. The zero-order chi connectivity index (χ0) is 13.2. The Morgan fingerprint density at radius 2 is 0.562 bits per heavy atom. The van der Waals surface area contributed by atoms with Crippen LogP contribution in [0.25, 0.3) is 0 Å². The molecule has 1 aliphatic rings. The molecule has 0 spiro atoms. The largest absolute Gasteiger partial charge is 0.325 e. The first-order valence-corrected chi connectivity index (χ1v) is 9.89. The Balaban J connectivity index is 0. The zero-order valence-electron chi connectivity index (χ0n) is 8.64. The lowest BCUT2D eigenvalue weighted by Crippen LogP contribution is -1.85. The van der Waals surface area contributed by atoms with Crippen LogP contribution in [0.1, 0.15) is 38.5 Å². The van der Waals surface area contributed by atoms with Crippen molar-refractivity contribution >= 4 is 37.1 Å². The van der Waals surface area contributed by atoms with E-state index in [0.29, 0.717) is 0 Å². The highest BCUT2D eigenvalue weighted by Gasteiger charge is 1.95. The van der Waals surface area contributed by atoms with Gasteiger partial charge < -0.3 is 29.4 Å². The second kappa shape index (κ2) is 10.0. The van der Waals surface area contributed by atoms with Crippen LogP contribution in [0, 0.1) is 0 Å². The van der Waals surface area contributed by atoms with Crippen molar-refractivity contribution in [2.24, 2.45) is 0 Å². The van der Waals surface area contributed by atoms with E-state index in [0.717, 1.165) is 0 Å². The van der Waals surface area contributed by atoms with Gasteiger partial charge in [-0.15, -0.1) is 0 Å². The van der Waals surface area contributed by atoms with E-state index in [1.54, 1.807) is 0 Å². The van der Waals surface area contributed by atoms with E-state index < -0.39 is 13.4 Å². The van der Waals surface area contributed by atoms with Crippen molar-refractivity contribution < 1.29 is 29.4 Å². The molecule has 10 heteroatoms. The van der Waals surface area contributed by atoms with Crippen LogP contribution in [0.5, 0.6) is 0 Å². The lowest BCUT2D eigenvalue weighted by Gasteiger charge is -2.05. The monoisotopic (exact) mass is 312 g/mol. The van der Waals surface area contributed by atoms with Gasteiger partial charge in [-0.2, -0.15) is 0 Å². The Hall–Kier alpha value is 1.06. The Kier molecular flexibility index (Phi) is 12.2. The van der Waals surface area contributed by atoms with E-state index in [9.17, 15) is 0 Å². The maximum Gasteiger partial charge on any atom is 0.319 e. The topological polar surface area (TPSA) is 121 Å². The molecule has 0 aromatic rings. The highest BCUT2D eigenvalue weighted by Crippen LogP contribution is 2.26. The predicted molar refractivity (Wildman–Crippen MR) is 69.6 cm³/mol. The Labute approximate surface area is 105 Å². The van der Waals surface area contributed by atoms with Gasteiger partial charge >= 0.3 is 13.4 Å². The lowest BCUT2D eigenvalue weighted by molar-refractivity contribution is 0.361. The summed E-state index contributed by atoms with van der Waals surface area (Å²) in [5, 5.41) is 0. The van der Waals surface area contributed by atoms with Crippen LogP contribution in [0.2, 0.25) is 0 Å². The highest BCUT2D eigenvalue weighted by atomic mass is 32.5. The molecule has 0 aromatic carbocycles. The third-order valence-corrected chi connectivity index (χ3v) is 1.50. The van der Waals surface area contributed by atoms with Gasteiger partial charge in [0.15, 0.2) is 0 Å². The molecule has 0 atom stereocenters. The summed E-state index contributed by atoms with van der Waals surface area (Å²) in [5.74, 6) is 0. The van der Waals surface area contributed by atoms with E-state index in [1.807, 2.05) is 0 Å². The molecule has 1 aliphatic carbocycles. The smallest absolute Gasteiger partial charge is 0.319 e. The molecule has 100 valence electrons. The van der Waals surface area contributed by atoms with Gasteiger partial charge in [-0.3, -0.25) is 0 Å². The SMILES string of the molecule is C1CCCCC1.OP(O)(O)=S.OP(O)(O)=S. The van der Waals surface area contributed by atoms with Crippen LogP contribution in [0.15, 0.2) is 0 Å². The highest BCUT2D eigenvalue weighted by molar-refractivity contribution is 8.06. The molecule has 6 N–H and O–H groups in total. The van der Waals surface area contributed by atoms with Gasteiger partial charge in [0.25, 0.3) is 0 Å². The fraction of sp³-hybridized carbons (Fsp3) is 1.00. The zero-order valence-corrected chi connectivity index (χ0v) is 12.1. The first-order chi connectivity index (χ1) is 7.00. The average molecular weight is 312 g/mol. The average Bonchev–Trinajstić information content (AvgIpc) is 2.01. The molecular weight excluding hydrogens is 294 g/mol. The molecule has 0 saturated heterocycles. The second-order valence-corrected chi connectivity index (χ2v) is 8.14. The first-order valence-electron chi connectivity index (χ1n) is 4.57. The van der Waals surface area contributed by atoms with Crippen molar-refractivity contribution in [1.82, 2.24) is 0 Å². The molecule has 0 bridgehead atoms. The summed E-state index contributed by atoms with van der Waals surface area (Å²) >= 11 is 7.21. The van der Waals surface area contributed by atoms with Crippen LogP contribution >= 0.6 is 13.4 Å². The summed E-state index contributed by atoms with van der Waals surface area (Å²) in [6, 6.07) is 0. The fourth-order valence-corrected chi connectivity index (χ4v) is 1.06. The van der Waals surface area contributed by atoms with Gasteiger partial charge in [-0.05, 0) is 23.6 Å². The van der Waals surface area contributed by atoms with Crippen molar-refractivity contribution in [2.45, 2.75) is 38.5 Å². The van der Waals surface area contributed by atoms with Crippen LogP contribution in [0.4, 0.5) is 0 Å². The molecule has 1 fully saturated rings. The van der Waals surface area contributed by atoms with Crippen molar-refractivity contribution in [3.8, 4) is 0 Å². The van der Waals surface area contributed by atoms with E-state index in [1.165, 1.54) is 38.5 Å². The molecule has 0 amide bonds.